The number of carbonyl (C=O) groups excluding carboxylic acids is 1. The number of piperidine rings is 1. The minimum absolute atomic E-state index is 0. The molecular weight excluding hydrogens is 252 g/mol. The van der Waals surface area contributed by atoms with Gasteiger partial charge in [0.05, 0.1) is 12.6 Å². The molecule has 0 saturated carbocycles. The fraction of sp³-hybridized carbons (Fsp3) is 0.923. The predicted molar refractivity (Wildman–Crippen MR) is 74.1 cm³/mol. The Morgan fingerprint density at radius 2 is 2.17 bits per heavy atom. The van der Waals surface area contributed by atoms with Crippen LogP contribution in [0.4, 0.5) is 0 Å². The van der Waals surface area contributed by atoms with Crippen molar-refractivity contribution < 1.29 is 9.53 Å². The Morgan fingerprint density at radius 3 is 2.83 bits per heavy atom. The van der Waals surface area contributed by atoms with Crippen LogP contribution in [0.5, 0.6) is 0 Å². The van der Waals surface area contributed by atoms with E-state index in [1.54, 1.807) is 0 Å². The number of carbonyl (C=O) groups is 1. The first-order valence-electron chi connectivity index (χ1n) is 6.89. The second-order valence-electron chi connectivity index (χ2n) is 5.20. The van der Waals surface area contributed by atoms with Gasteiger partial charge in [0.2, 0.25) is 5.91 Å². The molecule has 2 atom stereocenters. The highest BCUT2D eigenvalue weighted by atomic mass is 35.5. The standard InChI is InChI=1S/C13H24N2O2.ClH/c1-11-5-2-3-7-15(11)13(16)10-14-9-12-6-4-8-17-12;/h11-12,14H,2-10H2,1H3;1H. The average molecular weight is 277 g/mol. The fourth-order valence-corrected chi connectivity index (χ4v) is 2.72. The largest absolute Gasteiger partial charge is 0.377 e. The molecule has 0 aliphatic carbocycles. The van der Waals surface area contributed by atoms with Crippen molar-refractivity contribution in [1.82, 2.24) is 10.2 Å². The van der Waals surface area contributed by atoms with Gasteiger partial charge in [0.1, 0.15) is 0 Å². The zero-order chi connectivity index (χ0) is 12.1. The third-order valence-electron chi connectivity index (χ3n) is 3.80. The SMILES string of the molecule is CC1CCCCN1C(=O)CNCC1CCCO1.Cl. The summed E-state index contributed by atoms with van der Waals surface area (Å²) in [6, 6.07) is 0.417. The summed E-state index contributed by atoms with van der Waals surface area (Å²) in [6.07, 6.45) is 6.17. The number of hydrogen-bond acceptors (Lipinski definition) is 3. The first kappa shape index (κ1) is 15.7. The van der Waals surface area contributed by atoms with Gasteiger partial charge in [0, 0.05) is 25.7 Å². The van der Waals surface area contributed by atoms with Crippen LogP contribution < -0.4 is 5.32 Å². The Morgan fingerprint density at radius 1 is 1.33 bits per heavy atom. The van der Waals surface area contributed by atoms with Crippen LogP contribution in [0.15, 0.2) is 0 Å². The van der Waals surface area contributed by atoms with Crippen molar-refractivity contribution in [1.29, 1.82) is 0 Å². The summed E-state index contributed by atoms with van der Waals surface area (Å²) >= 11 is 0. The average Bonchev–Trinajstić information content (AvgIpc) is 2.82. The van der Waals surface area contributed by atoms with Crippen molar-refractivity contribution in [3.63, 3.8) is 0 Å². The molecule has 4 nitrogen and oxygen atoms in total. The highest BCUT2D eigenvalue weighted by Gasteiger charge is 2.23. The quantitative estimate of drug-likeness (QED) is 0.848. The highest BCUT2D eigenvalue weighted by Crippen LogP contribution is 2.16. The maximum atomic E-state index is 12.0. The Bertz CT molecular complexity index is 257. The predicted octanol–water partition coefficient (Wildman–Crippen LogP) is 1.58. The van der Waals surface area contributed by atoms with Gasteiger partial charge in [-0.1, -0.05) is 0 Å². The van der Waals surface area contributed by atoms with E-state index >= 15 is 0 Å². The molecular formula is C13H25ClN2O2. The Hall–Kier alpha value is -0.320. The number of nitrogens with one attached hydrogen (secondary N) is 1. The minimum atomic E-state index is 0. The van der Waals surface area contributed by atoms with Gasteiger partial charge in [-0.3, -0.25) is 4.79 Å². The normalized spacial score (nSPS) is 27.9. The molecule has 0 aromatic rings. The lowest BCUT2D eigenvalue weighted by atomic mass is 10.0. The second-order valence-corrected chi connectivity index (χ2v) is 5.20. The lowest BCUT2D eigenvalue weighted by molar-refractivity contribution is -0.133. The van der Waals surface area contributed by atoms with E-state index in [1.165, 1.54) is 6.42 Å². The second kappa shape index (κ2) is 7.97. The van der Waals surface area contributed by atoms with Gasteiger partial charge in [0.25, 0.3) is 0 Å². The van der Waals surface area contributed by atoms with Crippen LogP contribution in [0.1, 0.15) is 39.0 Å². The number of halogens is 1. The Kier molecular flexibility index (Phi) is 6.97. The monoisotopic (exact) mass is 276 g/mol. The zero-order valence-corrected chi connectivity index (χ0v) is 12.0. The Balaban J connectivity index is 0.00000162. The topological polar surface area (TPSA) is 41.6 Å². The molecule has 2 rings (SSSR count). The number of nitrogens with zero attached hydrogens (tertiary/aromatic N) is 1. The summed E-state index contributed by atoms with van der Waals surface area (Å²) in [5, 5.41) is 3.23. The van der Waals surface area contributed by atoms with Gasteiger partial charge in [-0.15, -0.1) is 12.4 Å². The molecule has 2 fully saturated rings. The molecule has 0 spiro atoms. The summed E-state index contributed by atoms with van der Waals surface area (Å²) < 4.78 is 5.51. The van der Waals surface area contributed by atoms with Crippen molar-refractivity contribution >= 4 is 18.3 Å². The number of hydrogen-bond donors (Lipinski definition) is 1. The van der Waals surface area contributed by atoms with E-state index in [0.29, 0.717) is 18.7 Å². The maximum Gasteiger partial charge on any atom is 0.236 e. The lowest BCUT2D eigenvalue weighted by Gasteiger charge is -2.33. The molecule has 18 heavy (non-hydrogen) atoms. The molecule has 1 N–H and O–H groups in total. The molecule has 0 radical (unpaired) electrons. The fourth-order valence-electron chi connectivity index (χ4n) is 2.72. The van der Waals surface area contributed by atoms with Crippen molar-refractivity contribution in [3.05, 3.63) is 0 Å². The summed E-state index contributed by atoms with van der Waals surface area (Å²) in [5.41, 5.74) is 0. The third kappa shape index (κ3) is 4.41. The minimum Gasteiger partial charge on any atom is -0.377 e. The molecule has 2 saturated heterocycles. The van der Waals surface area contributed by atoms with Crippen molar-refractivity contribution in [2.75, 3.05) is 26.2 Å². The molecule has 2 aliphatic heterocycles. The zero-order valence-electron chi connectivity index (χ0n) is 11.2. The van der Waals surface area contributed by atoms with Crippen LogP contribution in [-0.2, 0) is 9.53 Å². The molecule has 2 unspecified atom stereocenters. The first-order chi connectivity index (χ1) is 8.27. The number of ether oxygens (including phenoxy) is 1. The molecule has 0 bridgehead atoms. The van der Waals surface area contributed by atoms with Crippen LogP contribution in [-0.4, -0.2) is 49.2 Å². The Labute approximate surface area is 116 Å². The molecule has 0 aromatic heterocycles. The van der Waals surface area contributed by atoms with E-state index in [1.807, 2.05) is 4.90 Å². The van der Waals surface area contributed by atoms with Gasteiger partial charge in [-0.2, -0.15) is 0 Å². The number of rotatable bonds is 4. The van der Waals surface area contributed by atoms with Crippen LogP contribution in [0.25, 0.3) is 0 Å². The molecule has 2 aliphatic rings. The maximum absolute atomic E-state index is 12.0. The smallest absolute Gasteiger partial charge is 0.236 e. The van der Waals surface area contributed by atoms with Gasteiger partial charge in [-0.05, 0) is 39.0 Å². The van der Waals surface area contributed by atoms with E-state index in [2.05, 4.69) is 12.2 Å². The van der Waals surface area contributed by atoms with E-state index in [9.17, 15) is 4.79 Å². The van der Waals surface area contributed by atoms with Crippen molar-refractivity contribution in [2.45, 2.75) is 51.2 Å². The van der Waals surface area contributed by atoms with E-state index < -0.39 is 0 Å². The molecule has 5 heteroatoms. The lowest BCUT2D eigenvalue weighted by Crippen LogP contribution is -2.46. The van der Waals surface area contributed by atoms with Crippen LogP contribution >= 0.6 is 12.4 Å². The van der Waals surface area contributed by atoms with E-state index in [-0.39, 0.29) is 18.3 Å². The van der Waals surface area contributed by atoms with E-state index in [0.717, 1.165) is 45.4 Å². The summed E-state index contributed by atoms with van der Waals surface area (Å²) in [6.45, 7) is 5.24. The highest BCUT2D eigenvalue weighted by molar-refractivity contribution is 5.85. The molecule has 1 amide bonds. The summed E-state index contributed by atoms with van der Waals surface area (Å²) in [7, 11) is 0. The van der Waals surface area contributed by atoms with Gasteiger partial charge >= 0.3 is 0 Å². The van der Waals surface area contributed by atoms with Crippen LogP contribution in [0.2, 0.25) is 0 Å². The van der Waals surface area contributed by atoms with Gasteiger partial charge < -0.3 is 15.0 Å². The van der Waals surface area contributed by atoms with E-state index in [4.69, 9.17) is 4.74 Å². The molecule has 0 aromatic carbocycles. The number of likely N-dealkylation sites (tertiary alicyclic amines) is 1. The van der Waals surface area contributed by atoms with Crippen molar-refractivity contribution in [3.8, 4) is 0 Å². The van der Waals surface area contributed by atoms with Crippen molar-refractivity contribution in [2.24, 2.45) is 0 Å². The molecule has 2 heterocycles. The molecule has 106 valence electrons. The van der Waals surface area contributed by atoms with Gasteiger partial charge in [0.15, 0.2) is 0 Å². The first-order valence-corrected chi connectivity index (χ1v) is 6.89. The third-order valence-corrected chi connectivity index (χ3v) is 3.80. The summed E-state index contributed by atoms with van der Waals surface area (Å²) in [5.74, 6) is 0.246. The van der Waals surface area contributed by atoms with Crippen LogP contribution in [0, 0.1) is 0 Å². The summed E-state index contributed by atoms with van der Waals surface area (Å²) in [4.78, 5) is 14.0. The van der Waals surface area contributed by atoms with Crippen LogP contribution in [0.3, 0.4) is 0 Å². The number of amides is 1. The van der Waals surface area contributed by atoms with Gasteiger partial charge in [-0.25, -0.2) is 0 Å².